The SMILES string of the molecule is CC1CC=Cc2c1ccc1cc(-n3c4ccccc4c4cc(-c5ccc6c(c5)C5(C)C=CC=CC5S6)ccc43)ccc21. The Hall–Kier alpha value is -4.27. The lowest BCUT2D eigenvalue weighted by atomic mass is 9.76. The fraction of sp³-hybridized carbons (Fsp3) is 0.150. The van der Waals surface area contributed by atoms with Crippen LogP contribution in [0.15, 0.2) is 126 Å². The molecule has 2 heterocycles. The third-order valence-corrected chi connectivity index (χ3v) is 11.4. The number of nitrogens with zero attached hydrogens (tertiary/aromatic N) is 1. The highest BCUT2D eigenvalue weighted by molar-refractivity contribution is 8.00. The maximum Gasteiger partial charge on any atom is 0.0541 e. The van der Waals surface area contributed by atoms with Gasteiger partial charge in [0.25, 0.3) is 0 Å². The van der Waals surface area contributed by atoms with Crippen molar-refractivity contribution in [3.05, 3.63) is 138 Å². The van der Waals surface area contributed by atoms with E-state index in [4.69, 9.17) is 0 Å². The lowest BCUT2D eigenvalue weighted by molar-refractivity contribution is 0.620. The van der Waals surface area contributed by atoms with Gasteiger partial charge in [0.05, 0.1) is 11.0 Å². The van der Waals surface area contributed by atoms with Crippen molar-refractivity contribution < 1.29 is 0 Å². The van der Waals surface area contributed by atoms with E-state index in [1.807, 2.05) is 11.8 Å². The zero-order valence-corrected chi connectivity index (χ0v) is 24.7. The van der Waals surface area contributed by atoms with E-state index in [2.05, 4.69) is 146 Å². The first kappa shape index (κ1) is 24.3. The summed E-state index contributed by atoms with van der Waals surface area (Å²) in [7, 11) is 0. The molecule has 0 saturated heterocycles. The Kier molecular flexibility index (Phi) is 5.14. The summed E-state index contributed by atoms with van der Waals surface area (Å²) in [6, 6.07) is 34.6. The number of fused-ring (bicyclic) bond motifs is 9. The van der Waals surface area contributed by atoms with Gasteiger partial charge in [-0.25, -0.2) is 0 Å². The predicted octanol–water partition coefficient (Wildman–Crippen LogP) is 11.0. The maximum atomic E-state index is 2.44. The van der Waals surface area contributed by atoms with Gasteiger partial charge >= 0.3 is 0 Å². The maximum absolute atomic E-state index is 2.44. The molecule has 1 aromatic heterocycles. The summed E-state index contributed by atoms with van der Waals surface area (Å²) in [6.07, 6.45) is 14.9. The molecule has 3 unspecified atom stereocenters. The van der Waals surface area contributed by atoms with Crippen LogP contribution in [0, 0.1) is 0 Å². The first-order valence-electron chi connectivity index (χ1n) is 15.0. The van der Waals surface area contributed by atoms with E-state index in [1.165, 1.54) is 71.0 Å². The summed E-state index contributed by atoms with van der Waals surface area (Å²) >= 11 is 1.99. The number of rotatable bonds is 2. The van der Waals surface area contributed by atoms with Crippen LogP contribution < -0.4 is 0 Å². The second-order valence-electron chi connectivity index (χ2n) is 12.4. The Morgan fingerprint density at radius 1 is 0.786 bits per heavy atom. The molecule has 6 aromatic rings. The minimum absolute atomic E-state index is 0.0497. The smallest absolute Gasteiger partial charge is 0.0541 e. The van der Waals surface area contributed by atoms with Crippen molar-refractivity contribution in [2.75, 3.05) is 0 Å². The van der Waals surface area contributed by atoms with Crippen LogP contribution in [0.2, 0.25) is 0 Å². The van der Waals surface area contributed by atoms with Gasteiger partial charge in [0, 0.05) is 32.0 Å². The van der Waals surface area contributed by atoms with E-state index in [0.717, 1.165) is 6.42 Å². The Balaban J connectivity index is 1.20. The molecule has 5 aromatic carbocycles. The van der Waals surface area contributed by atoms with Crippen LogP contribution in [-0.2, 0) is 5.41 Å². The van der Waals surface area contributed by atoms with Crippen LogP contribution >= 0.6 is 11.8 Å². The van der Waals surface area contributed by atoms with Crippen molar-refractivity contribution in [3.8, 4) is 16.8 Å². The van der Waals surface area contributed by atoms with Crippen molar-refractivity contribution in [3.63, 3.8) is 0 Å². The molecule has 1 nitrogen and oxygen atoms in total. The molecule has 3 aliphatic rings. The molecule has 202 valence electrons. The second-order valence-corrected chi connectivity index (χ2v) is 13.6. The van der Waals surface area contributed by atoms with Crippen LogP contribution in [0.4, 0.5) is 0 Å². The predicted molar refractivity (Wildman–Crippen MR) is 181 cm³/mol. The summed E-state index contributed by atoms with van der Waals surface area (Å²) in [5.74, 6) is 0.574. The van der Waals surface area contributed by atoms with E-state index in [9.17, 15) is 0 Å². The molecule has 2 aliphatic carbocycles. The summed E-state index contributed by atoms with van der Waals surface area (Å²) < 4.78 is 2.44. The topological polar surface area (TPSA) is 4.93 Å². The molecule has 0 N–H and O–H groups in total. The molecular formula is C40H31NS. The van der Waals surface area contributed by atoms with Gasteiger partial charge in [-0.05, 0) is 93.4 Å². The molecule has 0 bridgehead atoms. The van der Waals surface area contributed by atoms with Gasteiger partial charge in [-0.1, -0.05) is 98.8 Å². The van der Waals surface area contributed by atoms with Crippen LogP contribution in [0.25, 0.3) is 55.5 Å². The average molecular weight is 558 g/mol. The summed E-state index contributed by atoms with van der Waals surface area (Å²) in [5.41, 5.74) is 10.6. The highest BCUT2D eigenvalue weighted by Gasteiger charge is 2.41. The summed E-state index contributed by atoms with van der Waals surface area (Å²) in [6.45, 7) is 4.71. The van der Waals surface area contributed by atoms with Gasteiger partial charge in [0.1, 0.15) is 0 Å². The van der Waals surface area contributed by atoms with Crippen molar-refractivity contribution >= 4 is 50.4 Å². The first-order valence-corrected chi connectivity index (χ1v) is 15.9. The zero-order valence-electron chi connectivity index (χ0n) is 23.8. The van der Waals surface area contributed by atoms with Crippen molar-refractivity contribution in [1.29, 1.82) is 0 Å². The van der Waals surface area contributed by atoms with Gasteiger partial charge in [-0.3, -0.25) is 0 Å². The van der Waals surface area contributed by atoms with Gasteiger partial charge in [0.15, 0.2) is 0 Å². The Labute approximate surface area is 250 Å². The number of hydrogen-bond donors (Lipinski definition) is 0. The number of hydrogen-bond acceptors (Lipinski definition) is 1. The van der Waals surface area contributed by atoms with E-state index in [1.54, 1.807) is 0 Å². The molecule has 42 heavy (non-hydrogen) atoms. The number of benzene rings is 5. The Morgan fingerprint density at radius 2 is 1.64 bits per heavy atom. The highest BCUT2D eigenvalue weighted by atomic mass is 32.2. The van der Waals surface area contributed by atoms with E-state index in [-0.39, 0.29) is 5.41 Å². The Bertz CT molecular complexity index is 2190. The van der Waals surface area contributed by atoms with Gasteiger partial charge in [0.2, 0.25) is 0 Å². The van der Waals surface area contributed by atoms with E-state index < -0.39 is 0 Å². The third kappa shape index (κ3) is 3.39. The monoisotopic (exact) mass is 557 g/mol. The van der Waals surface area contributed by atoms with E-state index >= 15 is 0 Å². The van der Waals surface area contributed by atoms with Crippen LogP contribution in [0.5, 0.6) is 0 Å². The van der Waals surface area contributed by atoms with Gasteiger partial charge < -0.3 is 4.57 Å². The molecule has 2 heteroatoms. The van der Waals surface area contributed by atoms with Crippen LogP contribution in [0.3, 0.4) is 0 Å². The van der Waals surface area contributed by atoms with Crippen LogP contribution in [-0.4, -0.2) is 9.82 Å². The number of allylic oxidation sites excluding steroid dienone is 4. The van der Waals surface area contributed by atoms with Gasteiger partial charge in [-0.2, -0.15) is 0 Å². The number of aromatic nitrogens is 1. The normalized spacial score (nSPS) is 22.1. The molecule has 0 amide bonds. The highest BCUT2D eigenvalue weighted by Crippen LogP contribution is 2.53. The van der Waals surface area contributed by atoms with Gasteiger partial charge in [-0.15, -0.1) is 11.8 Å². The standard InChI is InChI=1S/C40H31NS/c1-25-8-7-10-32-30(25)17-13-28-22-29(16-18-31(28)32)41-36-11-4-3-9-33(36)34-23-26(14-19-37(34)41)27-15-20-38-35(24-27)40(2)21-6-5-12-39(40)42-38/h3-7,9-25,39H,8H2,1-2H3. The molecule has 1 aliphatic heterocycles. The average Bonchev–Trinajstić information content (AvgIpc) is 3.52. The molecule has 0 saturated carbocycles. The fourth-order valence-corrected chi connectivity index (χ4v) is 9.00. The minimum Gasteiger partial charge on any atom is -0.309 e. The largest absolute Gasteiger partial charge is 0.309 e. The summed E-state index contributed by atoms with van der Waals surface area (Å²) in [4.78, 5) is 1.41. The first-order chi connectivity index (χ1) is 20.6. The third-order valence-electron chi connectivity index (χ3n) is 9.89. The number of para-hydroxylation sites is 1. The van der Waals surface area contributed by atoms with Crippen molar-refractivity contribution in [2.24, 2.45) is 0 Å². The summed E-state index contributed by atoms with van der Waals surface area (Å²) in [5, 5.41) is 5.70. The molecule has 0 radical (unpaired) electrons. The fourth-order valence-electron chi connectivity index (χ4n) is 7.55. The molecular weight excluding hydrogens is 527 g/mol. The molecule has 0 fully saturated rings. The van der Waals surface area contributed by atoms with E-state index in [0.29, 0.717) is 11.2 Å². The zero-order chi connectivity index (χ0) is 28.0. The molecule has 3 atom stereocenters. The van der Waals surface area contributed by atoms with Crippen molar-refractivity contribution in [1.82, 2.24) is 4.57 Å². The van der Waals surface area contributed by atoms with Crippen LogP contribution in [0.1, 0.15) is 42.9 Å². The minimum atomic E-state index is 0.0497. The molecule has 0 spiro atoms. The quantitative estimate of drug-likeness (QED) is 0.205. The lowest BCUT2D eigenvalue weighted by Gasteiger charge is -2.28. The second kappa shape index (κ2) is 8.86. The molecule has 9 rings (SSSR count). The van der Waals surface area contributed by atoms with Crippen molar-refractivity contribution in [2.45, 2.75) is 41.7 Å². The number of thioether (sulfide) groups is 1. The lowest BCUT2D eigenvalue weighted by Crippen LogP contribution is -2.28. The Morgan fingerprint density at radius 3 is 2.60 bits per heavy atom.